The molecule has 170 valence electrons. The molecule has 0 unspecified atom stereocenters. The van der Waals surface area contributed by atoms with E-state index < -0.39 is 15.9 Å². The minimum atomic E-state index is -3.01. The number of allylic oxidation sites excluding steroid dienone is 1. The van der Waals surface area contributed by atoms with Crippen molar-refractivity contribution in [2.75, 3.05) is 26.0 Å². The Morgan fingerprint density at radius 3 is 1.74 bits per heavy atom. The van der Waals surface area contributed by atoms with Gasteiger partial charge in [0.05, 0.1) is 26.0 Å². The second-order valence-electron chi connectivity index (χ2n) is 8.40. The number of hydrogen-bond acceptors (Lipinski definition) is 4. The molecular weight excluding hydrogens is 423 g/mol. The molecule has 2 aromatic rings. The molecule has 31 heavy (non-hydrogen) atoms. The van der Waals surface area contributed by atoms with Crippen LogP contribution in [0.2, 0.25) is 5.04 Å². The van der Waals surface area contributed by atoms with E-state index in [0.29, 0.717) is 32.4 Å². The van der Waals surface area contributed by atoms with Crippen LogP contribution >= 0.6 is 7.60 Å². The lowest BCUT2D eigenvalue weighted by Gasteiger charge is -2.42. The Balaban J connectivity index is 2.20. The molecule has 0 saturated heterocycles. The summed E-state index contributed by atoms with van der Waals surface area (Å²) in [5.41, 5.74) is 0. The summed E-state index contributed by atoms with van der Waals surface area (Å²) in [6.07, 6.45) is 5.05. The normalized spacial score (nSPS) is 13.1. The predicted octanol–water partition coefficient (Wildman–Crippen LogP) is 5.78. The molecule has 0 saturated carbocycles. The molecule has 0 radical (unpaired) electrons. The molecule has 2 rings (SSSR count). The van der Waals surface area contributed by atoms with Gasteiger partial charge in [-0.3, -0.25) is 4.57 Å². The van der Waals surface area contributed by atoms with Gasteiger partial charge in [0.15, 0.2) is 0 Å². The molecule has 0 fully saturated rings. The summed E-state index contributed by atoms with van der Waals surface area (Å²) in [5, 5.41) is 2.47. The van der Waals surface area contributed by atoms with E-state index in [1.165, 1.54) is 10.4 Å². The van der Waals surface area contributed by atoms with Crippen molar-refractivity contribution in [3.8, 4) is 0 Å². The highest BCUT2D eigenvalue weighted by atomic mass is 31.2. The zero-order valence-corrected chi connectivity index (χ0v) is 21.4. The van der Waals surface area contributed by atoms with Crippen LogP contribution in [-0.2, 0) is 18.0 Å². The van der Waals surface area contributed by atoms with Crippen LogP contribution < -0.4 is 10.4 Å². The molecule has 0 aliphatic heterocycles. The van der Waals surface area contributed by atoms with Gasteiger partial charge in [0, 0.05) is 0 Å². The van der Waals surface area contributed by atoms with Crippen molar-refractivity contribution in [3.05, 3.63) is 72.8 Å². The first-order chi connectivity index (χ1) is 14.8. The molecule has 0 N–H and O–H groups in total. The van der Waals surface area contributed by atoms with Crippen LogP contribution in [0.3, 0.4) is 0 Å². The van der Waals surface area contributed by atoms with Gasteiger partial charge < -0.3 is 13.5 Å². The summed E-state index contributed by atoms with van der Waals surface area (Å²) >= 11 is 0. The van der Waals surface area contributed by atoms with E-state index >= 15 is 0 Å². The van der Waals surface area contributed by atoms with Gasteiger partial charge in [0.1, 0.15) is 0 Å². The van der Waals surface area contributed by atoms with Crippen molar-refractivity contribution in [1.82, 2.24) is 0 Å². The quantitative estimate of drug-likeness (QED) is 0.229. The summed E-state index contributed by atoms with van der Waals surface area (Å²) in [6.45, 7) is 11.7. The smallest absolute Gasteiger partial charge is 0.330 e. The molecule has 2 aromatic carbocycles. The summed E-state index contributed by atoms with van der Waals surface area (Å²) in [4.78, 5) is 0. The summed E-state index contributed by atoms with van der Waals surface area (Å²) in [7, 11) is -5.53. The van der Waals surface area contributed by atoms with Crippen molar-refractivity contribution in [2.45, 2.75) is 46.1 Å². The van der Waals surface area contributed by atoms with Crippen LogP contribution in [0.25, 0.3) is 0 Å². The molecule has 0 aliphatic carbocycles. The first-order valence-electron chi connectivity index (χ1n) is 11.1. The first-order valence-corrected chi connectivity index (χ1v) is 14.7. The van der Waals surface area contributed by atoms with Gasteiger partial charge in [0.2, 0.25) is 0 Å². The van der Waals surface area contributed by atoms with Crippen LogP contribution in [0.1, 0.15) is 41.0 Å². The molecule has 0 atom stereocenters. The Labute approximate surface area is 189 Å². The Morgan fingerprint density at radius 2 is 1.32 bits per heavy atom. The van der Waals surface area contributed by atoms with Crippen LogP contribution in [0.4, 0.5) is 0 Å². The van der Waals surface area contributed by atoms with Crippen LogP contribution in [-0.4, -0.2) is 34.3 Å². The van der Waals surface area contributed by atoms with Crippen molar-refractivity contribution in [1.29, 1.82) is 0 Å². The van der Waals surface area contributed by atoms with E-state index in [4.69, 9.17) is 13.5 Å². The van der Waals surface area contributed by atoms with Crippen molar-refractivity contribution >= 4 is 26.3 Å². The molecular formula is C25H37O4PSi. The topological polar surface area (TPSA) is 44.8 Å². The second kappa shape index (κ2) is 11.9. The zero-order chi connectivity index (χ0) is 22.8. The fraction of sp³-hybridized carbons (Fsp3) is 0.440. The van der Waals surface area contributed by atoms with E-state index in [9.17, 15) is 4.57 Å². The molecule has 0 aromatic heterocycles. The molecule has 0 amide bonds. The maximum atomic E-state index is 12.6. The van der Waals surface area contributed by atoms with Gasteiger partial charge in [-0.2, -0.15) is 0 Å². The maximum absolute atomic E-state index is 12.6. The van der Waals surface area contributed by atoms with E-state index in [1.807, 2.05) is 38.1 Å². The fourth-order valence-electron chi connectivity index (χ4n) is 3.91. The van der Waals surface area contributed by atoms with Gasteiger partial charge >= 0.3 is 7.60 Å². The molecule has 0 bridgehead atoms. The standard InChI is InChI=1S/C25H37O4PSi/c1-6-27-30(26,28-7-2)22-16-10-15-21-29-31(25(3,4)5,23-17-11-8-12-18-23)24-19-13-9-14-20-24/h8-15,17-20H,6-7,16,21-22H2,1-5H3. The molecule has 4 nitrogen and oxygen atoms in total. The first kappa shape index (κ1) is 25.8. The third-order valence-corrected chi connectivity index (χ3v) is 12.3. The molecule has 0 heterocycles. The monoisotopic (exact) mass is 460 g/mol. The molecule has 0 spiro atoms. The lowest BCUT2D eigenvalue weighted by Crippen LogP contribution is -2.66. The number of hydrogen-bond donors (Lipinski definition) is 0. The van der Waals surface area contributed by atoms with E-state index in [1.54, 1.807) is 0 Å². The minimum absolute atomic E-state index is 0.0524. The highest BCUT2D eigenvalue weighted by Gasteiger charge is 2.49. The largest absolute Gasteiger partial charge is 0.404 e. The molecule has 0 aliphatic rings. The highest BCUT2D eigenvalue weighted by molar-refractivity contribution is 7.53. The Bertz CT molecular complexity index is 797. The fourth-order valence-corrected chi connectivity index (χ4v) is 10.00. The van der Waals surface area contributed by atoms with Crippen LogP contribution in [0.15, 0.2) is 72.8 Å². The number of benzene rings is 2. The number of rotatable bonds is 12. The van der Waals surface area contributed by atoms with Gasteiger partial charge in [-0.1, -0.05) is 93.6 Å². The van der Waals surface area contributed by atoms with Crippen molar-refractivity contribution in [3.63, 3.8) is 0 Å². The van der Waals surface area contributed by atoms with Crippen molar-refractivity contribution in [2.24, 2.45) is 0 Å². The third kappa shape index (κ3) is 6.74. The van der Waals surface area contributed by atoms with Gasteiger partial charge in [-0.05, 0) is 35.7 Å². The lowest BCUT2D eigenvalue weighted by atomic mass is 10.2. The van der Waals surface area contributed by atoms with Gasteiger partial charge in [0.25, 0.3) is 8.32 Å². The lowest BCUT2D eigenvalue weighted by molar-refractivity contribution is 0.220. The SMILES string of the molecule is CCOP(=O)(CCC=CCO[Si](c1ccccc1)(c1ccccc1)C(C)(C)C)OCC. The predicted molar refractivity (Wildman–Crippen MR) is 133 cm³/mol. The minimum Gasteiger partial charge on any atom is -0.404 e. The highest BCUT2D eigenvalue weighted by Crippen LogP contribution is 2.48. The third-order valence-electron chi connectivity index (χ3n) is 5.20. The van der Waals surface area contributed by atoms with Gasteiger partial charge in [-0.25, -0.2) is 0 Å². The van der Waals surface area contributed by atoms with E-state index in [-0.39, 0.29) is 5.04 Å². The average molecular weight is 461 g/mol. The average Bonchev–Trinajstić information content (AvgIpc) is 2.74. The van der Waals surface area contributed by atoms with Crippen LogP contribution in [0.5, 0.6) is 0 Å². The molecule has 6 heteroatoms. The van der Waals surface area contributed by atoms with Crippen molar-refractivity contribution < 1.29 is 18.0 Å². The Morgan fingerprint density at radius 1 is 0.839 bits per heavy atom. The zero-order valence-electron chi connectivity index (χ0n) is 19.5. The summed E-state index contributed by atoms with van der Waals surface area (Å²) < 4.78 is 30.2. The summed E-state index contributed by atoms with van der Waals surface area (Å²) in [5.74, 6) is 0. The van der Waals surface area contributed by atoms with E-state index in [2.05, 4.69) is 69.3 Å². The Kier molecular flexibility index (Phi) is 9.92. The van der Waals surface area contributed by atoms with E-state index in [0.717, 1.165) is 0 Å². The van der Waals surface area contributed by atoms with Crippen LogP contribution in [0, 0.1) is 0 Å². The Hall–Kier alpha value is -1.49. The second-order valence-corrected chi connectivity index (χ2v) is 14.9. The maximum Gasteiger partial charge on any atom is 0.330 e. The van der Waals surface area contributed by atoms with Gasteiger partial charge in [-0.15, -0.1) is 0 Å². The summed E-state index contributed by atoms with van der Waals surface area (Å²) in [6, 6.07) is 21.2.